The molecule has 1 N–H and O–H groups in total. The van der Waals surface area contributed by atoms with E-state index in [1.807, 2.05) is 6.07 Å². The number of rotatable bonds is 3. The van der Waals surface area contributed by atoms with E-state index < -0.39 is 0 Å². The van der Waals surface area contributed by atoms with Crippen LogP contribution in [0.25, 0.3) is 0 Å². The molecule has 0 aliphatic rings. The summed E-state index contributed by atoms with van der Waals surface area (Å²) in [4.78, 5) is 19.9. The van der Waals surface area contributed by atoms with Crippen molar-refractivity contribution in [3.8, 4) is 5.88 Å². The number of nitrogens with one attached hydrogen (secondary N) is 1. The maximum absolute atomic E-state index is 12.0. The molecule has 1 amide bonds. The Morgan fingerprint density at radius 2 is 2.16 bits per heavy atom. The summed E-state index contributed by atoms with van der Waals surface area (Å²) in [7, 11) is 1.46. The van der Waals surface area contributed by atoms with Gasteiger partial charge in [-0.05, 0) is 18.2 Å². The van der Waals surface area contributed by atoms with Crippen LogP contribution in [0.3, 0.4) is 0 Å². The summed E-state index contributed by atoms with van der Waals surface area (Å²) in [5, 5.41) is 2.75. The first kappa shape index (κ1) is 13.8. The van der Waals surface area contributed by atoms with Gasteiger partial charge in [0.25, 0.3) is 5.91 Å². The summed E-state index contributed by atoms with van der Waals surface area (Å²) >= 11 is 9.09. The maximum Gasteiger partial charge on any atom is 0.258 e. The third kappa shape index (κ3) is 3.65. The molecule has 19 heavy (non-hydrogen) atoms. The number of benzene rings is 1. The average Bonchev–Trinajstić information content (AvgIpc) is 2.38. The van der Waals surface area contributed by atoms with Gasteiger partial charge in [-0.3, -0.25) is 10.1 Å². The van der Waals surface area contributed by atoms with E-state index in [2.05, 4.69) is 31.2 Å². The van der Waals surface area contributed by atoms with Gasteiger partial charge in [0.2, 0.25) is 11.8 Å². The zero-order valence-corrected chi connectivity index (χ0v) is 12.2. The van der Waals surface area contributed by atoms with Crippen molar-refractivity contribution in [3.05, 3.63) is 45.5 Å². The molecule has 0 saturated carbocycles. The van der Waals surface area contributed by atoms with Crippen LogP contribution in [0, 0.1) is 0 Å². The van der Waals surface area contributed by atoms with E-state index in [1.165, 1.54) is 13.2 Å². The second-order valence-corrected chi connectivity index (χ2v) is 4.82. The number of carbonyl (C=O) groups is 1. The molecular weight excluding hydrogens is 334 g/mol. The number of aromatic nitrogens is 2. The van der Waals surface area contributed by atoms with Crippen molar-refractivity contribution in [2.45, 2.75) is 0 Å². The minimum Gasteiger partial charge on any atom is -0.481 e. The number of amides is 1. The van der Waals surface area contributed by atoms with Gasteiger partial charge in [-0.2, -0.15) is 4.98 Å². The fourth-order valence-corrected chi connectivity index (χ4v) is 1.93. The number of methoxy groups -OCH3 is 1. The van der Waals surface area contributed by atoms with E-state index >= 15 is 0 Å². The van der Waals surface area contributed by atoms with E-state index in [0.29, 0.717) is 5.56 Å². The minimum atomic E-state index is -0.328. The fourth-order valence-electron chi connectivity index (χ4n) is 1.36. The highest BCUT2D eigenvalue weighted by molar-refractivity contribution is 9.10. The Hall–Kier alpha value is -1.66. The third-order valence-electron chi connectivity index (χ3n) is 2.19. The van der Waals surface area contributed by atoms with Crippen LogP contribution >= 0.6 is 27.5 Å². The van der Waals surface area contributed by atoms with Crippen molar-refractivity contribution in [2.75, 3.05) is 12.4 Å². The lowest BCUT2D eigenvalue weighted by Gasteiger charge is -2.06. The molecule has 0 aliphatic heterocycles. The van der Waals surface area contributed by atoms with E-state index in [0.717, 1.165) is 4.47 Å². The summed E-state index contributed by atoms with van der Waals surface area (Å²) in [6.07, 6.45) is 0. The predicted octanol–water partition coefficient (Wildman–Crippen LogP) is 3.15. The van der Waals surface area contributed by atoms with Crippen LogP contribution in [0.15, 0.2) is 34.8 Å². The highest BCUT2D eigenvalue weighted by Crippen LogP contribution is 2.17. The molecule has 0 atom stereocenters. The van der Waals surface area contributed by atoms with Gasteiger partial charge in [-0.15, -0.1) is 0 Å². The van der Waals surface area contributed by atoms with Crippen LogP contribution in [0.2, 0.25) is 5.15 Å². The third-order valence-corrected chi connectivity index (χ3v) is 2.88. The molecule has 1 heterocycles. The first-order chi connectivity index (χ1) is 9.08. The molecule has 98 valence electrons. The zero-order valence-electron chi connectivity index (χ0n) is 9.85. The van der Waals surface area contributed by atoms with E-state index in [1.54, 1.807) is 18.2 Å². The Bertz CT molecular complexity index is 622. The van der Waals surface area contributed by atoms with Gasteiger partial charge in [0.15, 0.2) is 0 Å². The van der Waals surface area contributed by atoms with Crippen LogP contribution < -0.4 is 10.1 Å². The Kier molecular flexibility index (Phi) is 4.34. The molecule has 0 unspecified atom stereocenters. The standard InChI is InChI=1S/C12H9BrClN3O2/c1-19-10-6-9(14)15-12(16-10)17-11(18)7-3-2-4-8(13)5-7/h2-6H,1H3,(H,15,16,17,18). The zero-order chi connectivity index (χ0) is 13.8. The average molecular weight is 343 g/mol. The minimum absolute atomic E-state index is 0.0920. The summed E-state index contributed by atoms with van der Waals surface area (Å²) in [5.74, 6) is 0.0458. The lowest BCUT2D eigenvalue weighted by Crippen LogP contribution is -2.14. The number of ether oxygens (including phenoxy) is 1. The maximum atomic E-state index is 12.0. The summed E-state index contributed by atoms with van der Waals surface area (Å²) in [6, 6.07) is 8.42. The molecule has 7 heteroatoms. The molecule has 2 rings (SSSR count). The molecule has 1 aromatic carbocycles. The van der Waals surface area contributed by atoms with Gasteiger partial charge in [-0.25, -0.2) is 4.98 Å². The molecular formula is C12H9BrClN3O2. The summed E-state index contributed by atoms with van der Waals surface area (Å²) in [6.45, 7) is 0. The number of anilines is 1. The topological polar surface area (TPSA) is 64.1 Å². The smallest absolute Gasteiger partial charge is 0.258 e. The Morgan fingerprint density at radius 1 is 1.37 bits per heavy atom. The van der Waals surface area contributed by atoms with Gasteiger partial charge in [0.1, 0.15) is 5.15 Å². The molecule has 0 bridgehead atoms. The number of halogens is 2. The lowest BCUT2D eigenvalue weighted by atomic mass is 10.2. The number of carbonyl (C=O) groups excluding carboxylic acids is 1. The van der Waals surface area contributed by atoms with Crippen molar-refractivity contribution in [2.24, 2.45) is 0 Å². The fraction of sp³-hybridized carbons (Fsp3) is 0.0833. The van der Waals surface area contributed by atoms with Gasteiger partial charge >= 0.3 is 0 Å². The second-order valence-electron chi connectivity index (χ2n) is 3.52. The normalized spacial score (nSPS) is 10.1. The first-order valence-corrected chi connectivity index (χ1v) is 6.41. The molecule has 1 aromatic heterocycles. The first-order valence-electron chi connectivity index (χ1n) is 5.24. The Labute approximate surface area is 123 Å². The van der Waals surface area contributed by atoms with Crippen molar-refractivity contribution >= 4 is 39.4 Å². The van der Waals surface area contributed by atoms with Crippen LogP contribution in [0.1, 0.15) is 10.4 Å². The van der Waals surface area contributed by atoms with E-state index in [9.17, 15) is 4.79 Å². The molecule has 0 saturated heterocycles. The quantitative estimate of drug-likeness (QED) is 0.870. The molecule has 0 aliphatic carbocycles. The molecule has 5 nitrogen and oxygen atoms in total. The van der Waals surface area contributed by atoms with Crippen molar-refractivity contribution in [1.82, 2.24) is 9.97 Å². The monoisotopic (exact) mass is 341 g/mol. The van der Waals surface area contributed by atoms with Gasteiger partial charge < -0.3 is 4.74 Å². The highest BCUT2D eigenvalue weighted by atomic mass is 79.9. The van der Waals surface area contributed by atoms with Gasteiger partial charge in [-0.1, -0.05) is 33.6 Å². The molecule has 0 radical (unpaired) electrons. The Balaban J connectivity index is 2.21. The largest absolute Gasteiger partial charge is 0.481 e. The number of nitrogens with zero attached hydrogens (tertiary/aromatic N) is 2. The van der Waals surface area contributed by atoms with Crippen LogP contribution in [0.4, 0.5) is 5.95 Å². The number of hydrogen-bond donors (Lipinski definition) is 1. The van der Waals surface area contributed by atoms with Crippen molar-refractivity contribution < 1.29 is 9.53 Å². The summed E-state index contributed by atoms with van der Waals surface area (Å²) in [5.41, 5.74) is 0.483. The van der Waals surface area contributed by atoms with Crippen LogP contribution in [-0.2, 0) is 0 Å². The molecule has 2 aromatic rings. The van der Waals surface area contributed by atoms with Crippen molar-refractivity contribution in [1.29, 1.82) is 0 Å². The van der Waals surface area contributed by atoms with E-state index in [4.69, 9.17) is 16.3 Å². The highest BCUT2D eigenvalue weighted by Gasteiger charge is 2.10. The van der Waals surface area contributed by atoms with Crippen molar-refractivity contribution in [3.63, 3.8) is 0 Å². The van der Waals surface area contributed by atoms with Crippen LogP contribution in [-0.4, -0.2) is 23.0 Å². The number of hydrogen-bond acceptors (Lipinski definition) is 4. The Morgan fingerprint density at radius 3 is 2.84 bits per heavy atom. The van der Waals surface area contributed by atoms with Crippen LogP contribution in [0.5, 0.6) is 5.88 Å². The molecule has 0 spiro atoms. The van der Waals surface area contributed by atoms with Gasteiger partial charge in [0.05, 0.1) is 7.11 Å². The molecule has 0 fully saturated rings. The van der Waals surface area contributed by atoms with E-state index in [-0.39, 0.29) is 22.9 Å². The lowest BCUT2D eigenvalue weighted by molar-refractivity contribution is 0.102. The SMILES string of the molecule is COc1cc(Cl)nc(NC(=O)c2cccc(Br)c2)n1. The van der Waals surface area contributed by atoms with Gasteiger partial charge in [0, 0.05) is 16.1 Å². The summed E-state index contributed by atoms with van der Waals surface area (Å²) < 4.78 is 5.76. The predicted molar refractivity (Wildman–Crippen MR) is 75.7 cm³/mol. The second kappa shape index (κ2) is 5.99.